The maximum atomic E-state index is 12.1. The van der Waals surface area contributed by atoms with Gasteiger partial charge in [0.15, 0.2) is 5.82 Å². The van der Waals surface area contributed by atoms with Crippen LogP contribution < -0.4 is 10.6 Å². The van der Waals surface area contributed by atoms with Crippen LogP contribution in [0.5, 0.6) is 0 Å². The normalized spacial score (nSPS) is 16.4. The Bertz CT molecular complexity index is 750. The van der Waals surface area contributed by atoms with Gasteiger partial charge in [-0.25, -0.2) is 14.5 Å². The fraction of sp³-hybridized carbons (Fsp3) is 0.600. The molecule has 2 aromatic rings. The van der Waals surface area contributed by atoms with Crippen LogP contribution in [0, 0.1) is 5.92 Å². The van der Waals surface area contributed by atoms with Gasteiger partial charge in [0.2, 0.25) is 0 Å². The highest BCUT2D eigenvalue weighted by atomic mass is 16.6. The van der Waals surface area contributed by atoms with Crippen molar-refractivity contribution in [2.45, 2.75) is 64.5 Å². The molecule has 2 aromatic heterocycles. The molecular formula is C20H30N6O2. The fourth-order valence-electron chi connectivity index (χ4n) is 3.51. The van der Waals surface area contributed by atoms with Gasteiger partial charge in [-0.3, -0.25) is 4.98 Å². The predicted octanol–water partition coefficient (Wildman–Crippen LogP) is 3.55. The molecule has 0 bridgehead atoms. The third-order valence-corrected chi connectivity index (χ3v) is 4.78. The van der Waals surface area contributed by atoms with E-state index in [-0.39, 0.29) is 6.04 Å². The Morgan fingerprint density at radius 1 is 1.29 bits per heavy atom. The first-order valence-electron chi connectivity index (χ1n) is 9.96. The molecule has 1 fully saturated rings. The SMILES string of the molecule is CC(C)(C)OC(=O)NC[C@H](Nc1cncc(-n2cccn2)n1)C1CCCCC1. The molecule has 8 heteroatoms. The molecule has 2 heterocycles. The van der Waals surface area contributed by atoms with Gasteiger partial charge in [-0.05, 0) is 45.6 Å². The van der Waals surface area contributed by atoms with Crippen LogP contribution >= 0.6 is 0 Å². The second kappa shape index (κ2) is 9.03. The van der Waals surface area contributed by atoms with Gasteiger partial charge in [-0.2, -0.15) is 5.10 Å². The van der Waals surface area contributed by atoms with E-state index in [1.54, 1.807) is 23.3 Å². The summed E-state index contributed by atoms with van der Waals surface area (Å²) in [6, 6.07) is 1.91. The first kappa shape index (κ1) is 20.1. The van der Waals surface area contributed by atoms with Crippen molar-refractivity contribution in [3.63, 3.8) is 0 Å². The molecule has 1 aliphatic rings. The summed E-state index contributed by atoms with van der Waals surface area (Å²) in [5.41, 5.74) is -0.512. The third kappa shape index (κ3) is 5.94. The van der Waals surface area contributed by atoms with Crippen molar-refractivity contribution in [2.24, 2.45) is 5.92 Å². The van der Waals surface area contributed by atoms with Crippen molar-refractivity contribution >= 4 is 11.9 Å². The molecule has 0 aromatic carbocycles. The highest BCUT2D eigenvalue weighted by Gasteiger charge is 2.25. The van der Waals surface area contributed by atoms with Crippen LogP contribution in [0.2, 0.25) is 0 Å². The number of carbonyl (C=O) groups excluding carboxylic acids is 1. The number of anilines is 1. The van der Waals surface area contributed by atoms with Crippen LogP contribution in [-0.2, 0) is 4.74 Å². The van der Waals surface area contributed by atoms with E-state index >= 15 is 0 Å². The molecule has 1 amide bonds. The van der Waals surface area contributed by atoms with E-state index in [1.165, 1.54) is 19.3 Å². The lowest BCUT2D eigenvalue weighted by Gasteiger charge is -2.31. The average Bonchev–Trinajstić information content (AvgIpc) is 3.19. The average molecular weight is 387 g/mol. The smallest absolute Gasteiger partial charge is 0.407 e. The summed E-state index contributed by atoms with van der Waals surface area (Å²) in [7, 11) is 0. The molecule has 0 spiro atoms. The van der Waals surface area contributed by atoms with Gasteiger partial charge in [0.05, 0.1) is 12.4 Å². The highest BCUT2D eigenvalue weighted by molar-refractivity contribution is 5.67. The van der Waals surface area contributed by atoms with E-state index in [1.807, 2.05) is 33.0 Å². The number of hydrogen-bond donors (Lipinski definition) is 2. The van der Waals surface area contributed by atoms with Gasteiger partial charge in [0.1, 0.15) is 11.4 Å². The summed E-state index contributed by atoms with van der Waals surface area (Å²) in [4.78, 5) is 21.0. The van der Waals surface area contributed by atoms with Gasteiger partial charge in [0.25, 0.3) is 0 Å². The molecule has 1 aliphatic carbocycles. The Labute approximate surface area is 166 Å². The summed E-state index contributed by atoms with van der Waals surface area (Å²) >= 11 is 0. The first-order valence-corrected chi connectivity index (χ1v) is 9.96. The van der Waals surface area contributed by atoms with Crippen LogP contribution in [0.1, 0.15) is 52.9 Å². The molecule has 0 radical (unpaired) electrons. The van der Waals surface area contributed by atoms with Crippen molar-refractivity contribution in [3.8, 4) is 5.82 Å². The summed E-state index contributed by atoms with van der Waals surface area (Å²) in [6.45, 7) is 6.06. The zero-order chi connectivity index (χ0) is 20.0. The van der Waals surface area contributed by atoms with Gasteiger partial charge in [-0.15, -0.1) is 0 Å². The Hall–Kier alpha value is -2.64. The van der Waals surface area contributed by atoms with Crippen molar-refractivity contribution < 1.29 is 9.53 Å². The lowest BCUT2D eigenvalue weighted by atomic mass is 9.84. The largest absolute Gasteiger partial charge is 0.444 e. The van der Waals surface area contributed by atoms with Crippen molar-refractivity contribution in [1.82, 2.24) is 25.1 Å². The van der Waals surface area contributed by atoms with Gasteiger partial charge in [0, 0.05) is 25.0 Å². The molecule has 8 nitrogen and oxygen atoms in total. The van der Waals surface area contributed by atoms with E-state index in [9.17, 15) is 4.79 Å². The molecule has 0 saturated heterocycles. The van der Waals surface area contributed by atoms with Crippen molar-refractivity contribution in [2.75, 3.05) is 11.9 Å². The number of carbonyl (C=O) groups is 1. The molecule has 152 valence electrons. The van der Waals surface area contributed by atoms with Gasteiger partial charge < -0.3 is 15.4 Å². The minimum absolute atomic E-state index is 0.0648. The summed E-state index contributed by atoms with van der Waals surface area (Å²) in [6.07, 6.45) is 12.5. The van der Waals surface area contributed by atoms with E-state index in [2.05, 4.69) is 25.7 Å². The second-order valence-corrected chi connectivity index (χ2v) is 8.24. The Morgan fingerprint density at radius 2 is 2.07 bits per heavy atom. The van der Waals surface area contributed by atoms with E-state index < -0.39 is 11.7 Å². The Balaban J connectivity index is 1.68. The second-order valence-electron chi connectivity index (χ2n) is 8.24. The zero-order valence-electron chi connectivity index (χ0n) is 16.9. The number of nitrogens with zero attached hydrogens (tertiary/aromatic N) is 4. The minimum Gasteiger partial charge on any atom is -0.444 e. The zero-order valence-corrected chi connectivity index (χ0v) is 16.9. The van der Waals surface area contributed by atoms with Crippen LogP contribution in [-0.4, -0.2) is 44.0 Å². The number of amides is 1. The number of hydrogen-bond acceptors (Lipinski definition) is 6. The van der Waals surface area contributed by atoms with Crippen LogP contribution in [0.3, 0.4) is 0 Å². The lowest BCUT2D eigenvalue weighted by molar-refractivity contribution is 0.0521. The monoisotopic (exact) mass is 386 g/mol. The third-order valence-electron chi connectivity index (χ3n) is 4.78. The summed E-state index contributed by atoms with van der Waals surface area (Å²) < 4.78 is 7.05. The van der Waals surface area contributed by atoms with Crippen LogP contribution in [0.25, 0.3) is 5.82 Å². The Kier molecular flexibility index (Phi) is 6.49. The van der Waals surface area contributed by atoms with Gasteiger partial charge >= 0.3 is 6.09 Å². The molecular weight excluding hydrogens is 356 g/mol. The lowest BCUT2D eigenvalue weighted by Crippen LogP contribution is -2.43. The molecule has 3 rings (SSSR count). The summed E-state index contributed by atoms with van der Waals surface area (Å²) in [5, 5.41) is 10.6. The molecule has 1 saturated carbocycles. The first-order chi connectivity index (χ1) is 13.4. The fourth-order valence-corrected chi connectivity index (χ4v) is 3.51. The van der Waals surface area contributed by atoms with Crippen molar-refractivity contribution in [1.29, 1.82) is 0 Å². The number of aromatic nitrogens is 4. The van der Waals surface area contributed by atoms with Gasteiger partial charge in [-0.1, -0.05) is 19.3 Å². The maximum absolute atomic E-state index is 12.1. The van der Waals surface area contributed by atoms with Crippen LogP contribution in [0.15, 0.2) is 30.9 Å². The molecule has 1 atom stereocenters. The van der Waals surface area contributed by atoms with Crippen molar-refractivity contribution in [3.05, 3.63) is 30.9 Å². The topological polar surface area (TPSA) is 94.0 Å². The van der Waals surface area contributed by atoms with E-state index in [0.29, 0.717) is 24.1 Å². The summed E-state index contributed by atoms with van der Waals surface area (Å²) in [5.74, 6) is 1.80. The minimum atomic E-state index is -0.512. The maximum Gasteiger partial charge on any atom is 0.407 e. The predicted molar refractivity (Wildman–Crippen MR) is 107 cm³/mol. The standard InChI is InChI=1S/C20H30N6O2/c1-20(2,3)28-19(27)22-12-16(15-8-5-4-6-9-15)24-17-13-21-14-18(25-17)26-11-7-10-23-26/h7,10-11,13-16H,4-6,8-9,12H2,1-3H3,(H,22,27)(H,24,25)/t16-/m0/s1. The van der Waals surface area contributed by atoms with E-state index in [4.69, 9.17) is 4.74 Å². The molecule has 0 unspecified atom stereocenters. The Morgan fingerprint density at radius 3 is 2.75 bits per heavy atom. The molecule has 28 heavy (non-hydrogen) atoms. The van der Waals surface area contributed by atoms with E-state index in [0.717, 1.165) is 12.8 Å². The number of rotatable bonds is 6. The number of alkyl carbamates (subject to hydrolysis) is 1. The number of nitrogens with one attached hydrogen (secondary N) is 2. The molecule has 0 aliphatic heterocycles. The quantitative estimate of drug-likeness (QED) is 0.788. The number of ether oxygens (including phenoxy) is 1. The van der Waals surface area contributed by atoms with Crippen LogP contribution in [0.4, 0.5) is 10.6 Å². The highest BCUT2D eigenvalue weighted by Crippen LogP contribution is 2.28. The molecule has 2 N–H and O–H groups in total.